The Hall–Kier alpha value is -1.08. The summed E-state index contributed by atoms with van der Waals surface area (Å²) >= 11 is 0. The minimum Gasteiger partial charge on any atom is -0.393 e. The lowest BCUT2D eigenvalue weighted by molar-refractivity contribution is -0.121. The Labute approximate surface area is 77.6 Å². The van der Waals surface area contributed by atoms with Gasteiger partial charge in [0.2, 0.25) is 5.91 Å². The summed E-state index contributed by atoms with van der Waals surface area (Å²) in [4.78, 5) is 11.0. The molecule has 0 atom stereocenters. The highest BCUT2D eigenvalue weighted by Gasteiger charge is 2.20. The maximum atomic E-state index is 11.0. The summed E-state index contributed by atoms with van der Waals surface area (Å²) in [5.74, 6) is -0.205. The van der Waals surface area contributed by atoms with Gasteiger partial charge in [-0.3, -0.25) is 4.79 Å². The van der Waals surface area contributed by atoms with Crippen molar-refractivity contribution in [2.24, 2.45) is 0 Å². The maximum Gasteiger partial charge on any atom is 0.234 e. The zero-order valence-electron chi connectivity index (χ0n) is 7.49. The number of nitrogens with zero attached hydrogens (tertiary/aromatic N) is 1. The molecule has 0 bridgehead atoms. The van der Waals surface area contributed by atoms with Gasteiger partial charge in [0.1, 0.15) is 6.42 Å². The number of aliphatic hydroxyl groups excluding tert-OH is 1. The molecule has 1 fully saturated rings. The normalized spacial score (nSPS) is 27.7. The standard InChI is InChI=1S/C9H14N2O2/c10-6-5-9(13)11-7-1-3-8(12)4-2-7/h7-8,12H,1-5H2,(H,11,13). The van der Waals surface area contributed by atoms with Crippen LogP contribution in [0, 0.1) is 11.3 Å². The molecule has 0 spiro atoms. The minimum absolute atomic E-state index is 0.0704. The Morgan fingerprint density at radius 2 is 2.08 bits per heavy atom. The van der Waals surface area contributed by atoms with Crippen molar-refractivity contribution < 1.29 is 9.90 Å². The summed E-state index contributed by atoms with van der Waals surface area (Å²) in [6.07, 6.45) is 2.86. The van der Waals surface area contributed by atoms with E-state index < -0.39 is 0 Å². The highest BCUT2D eigenvalue weighted by atomic mass is 16.3. The molecule has 4 nitrogen and oxygen atoms in total. The number of hydrogen-bond acceptors (Lipinski definition) is 3. The van der Waals surface area contributed by atoms with Gasteiger partial charge in [-0.2, -0.15) is 5.26 Å². The summed E-state index contributed by atoms with van der Waals surface area (Å²) in [5.41, 5.74) is 0. The Bertz CT molecular complexity index is 214. The van der Waals surface area contributed by atoms with Gasteiger partial charge in [0.15, 0.2) is 0 Å². The van der Waals surface area contributed by atoms with Gasteiger partial charge < -0.3 is 10.4 Å². The zero-order valence-corrected chi connectivity index (χ0v) is 7.49. The van der Waals surface area contributed by atoms with Crippen molar-refractivity contribution in [2.45, 2.75) is 44.2 Å². The third-order valence-corrected chi connectivity index (χ3v) is 2.30. The molecule has 0 unspecified atom stereocenters. The lowest BCUT2D eigenvalue weighted by Gasteiger charge is -2.25. The summed E-state index contributed by atoms with van der Waals surface area (Å²) in [6.45, 7) is 0. The quantitative estimate of drug-likeness (QED) is 0.646. The molecule has 72 valence electrons. The number of rotatable bonds is 2. The molecule has 0 heterocycles. The van der Waals surface area contributed by atoms with Crippen LogP contribution < -0.4 is 5.32 Å². The van der Waals surface area contributed by atoms with E-state index in [2.05, 4.69) is 5.32 Å². The zero-order chi connectivity index (χ0) is 9.68. The van der Waals surface area contributed by atoms with Crippen molar-refractivity contribution in [3.05, 3.63) is 0 Å². The fourth-order valence-electron chi connectivity index (χ4n) is 1.57. The van der Waals surface area contributed by atoms with Crippen LogP contribution in [0.2, 0.25) is 0 Å². The largest absolute Gasteiger partial charge is 0.393 e. The lowest BCUT2D eigenvalue weighted by atomic mass is 9.93. The van der Waals surface area contributed by atoms with E-state index >= 15 is 0 Å². The van der Waals surface area contributed by atoms with Crippen molar-refractivity contribution >= 4 is 5.91 Å². The number of carbonyl (C=O) groups is 1. The Morgan fingerprint density at radius 3 is 2.62 bits per heavy atom. The fraction of sp³-hybridized carbons (Fsp3) is 0.778. The second-order valence-corrected chi connectivity index (χ2v) is 3.41. The summed E-state index contributed by atoms with van der Waals surface area (Å²) in [5, 5.41) is 20.2. The van der Waals surface area contributed by atoms with E-state index in [0.29, 0.717) is 0 Å². The molecule has 0 saturated heterocycles. The van der Waals surface area contributed by atoms with Gasteiger partial charge in [0.05, 0.1) is 12.2 Å². The molecule has 1 saturated carbocycles. The minimum atomic E-state index is -0.205. The van der Waals surface area contributed by atoms with Crippen LogP contribution in [0.4, 0.5) is 0 Å². The highest BCUT2D eigenvalue weighted by Crippen LogP contribution is 2.18. The van der Waals surface area contributed by atoms with E-state index in [4.69, 9.17) is 5.26 Å². The predicted octanol–water partition coefficient (Wildman–Crippen LogP) is 0.320. The second-order valence-electron chi connectivity index (χ2n) is 3.41. The fourth-order valence-corrected chi connectivity index (χ4v) is 1.57. The third kappa shape index (κ3) is 3.43. The molecule has 1 rings (SSSR count). The van der Waals surface area contributed by atoms with Gasteiger partial charge in [0.25, 0.3) is 0 Å². The third-order valence-electron chi connectivity index (χ3n) is 2.30. The van der Waals surface area contributed by atoms with Gasteiger partial charge in [-0.25, -0.2) is 0 Å². The first-order valence-corrected chi connectivity index (χ1v) is 4.56. The average molecular weight is 182 g/mol. The van der Waals surface area contributed by atoms with Gasteiger partial charge >= 0.3 is 0 Å². The molecule has 0 radical (unpaired) electrons. The molecule has 1 aliphatic rings. The SMILES string of the molecule is N#CCC(=O)NC1CCC(O)CC1. The number of hydrogen-bond donors (Lipinski definition) is 2. The van der Waals surface area contributed by atoms with Crippen molar-refractivity contribution in [1.29, 1.82) is 5.26 Å². The Morgan fingerprint density at radius 1 is 1.46 bits per heavy atom. The van der Waals surface area contributed by atoms with Gasteiger partial charge in [-0.1, -0.05) is 0 Å². The maximum absolute atomic E-state index is 11.0. The van der Waals surface area contributed by atoms with Gasteiger partial charge in [0, 0.05) is 6.04 Å². The summed E-state index contributed by atoms with van der Waals surface area (Å²) in [6, 6.07) is 1.96. The molecular formula is C9H14N2O2. The van der Waals surface area contributed by atoms with E-state index in [1.807, 2.05) is 0 Å². The van der Waals surface area contributed by atoms with Gasteiger partial charge in [-0.15, -0.1) is 0 Å². The molecule has 2 N–H and O–H groups in total. The molecular weight excluding hydrogens is 168 g/mol. The molecule has 0 aromatic carbocycles. The number of nitriles is 1. The molecule has 0 aliphatic heterocycles. The van der Waals surface area contributed by atoms with Crippen molar-refractivity contribution in [3.8, 4) is 6.07 Å². The lowest BCUT2D eigenvalue weighted by Crippen LogP contribution is -2.38. The van der Waals surface area contributed by atoms with E-state index in [1.165, 1.54) is 0 Å². The topological polar surface area (TPSA) is 73.1 Å². The van der Waals surface area contributed by atoms with Crippen LogP contribution in [-0.2, 0) is 4.79 Å². The average Bonchev–Trinajstić information content (AvgIpc) is 2.09. The molecule has 4 heteroatoms. The Kier molecular flexibility index (Phi) is 3.71. The molecule has 13 heavy (non-hydrogen) atoms. The smallest absolute Gasteiger partial charge is 0.234 e. The van der Waals surface area contributed by atoms with E-state index in [-0.39, 0.29) is 24.5 Å². The van der Waals surface area contributed by atoms with Crippen LogP contribution in [0.25, 0.3) is 0 Å². The van der Waals surface area contributed by atoms with Crippen LogP contribution in [0.1, 0.15) is 32.1 Å². The number of nitrogens with one attached hydrogen (secondary N) is 1. The Balaban J connectivity index is 2.23. The monoisotopic (exact) mass is 182 g/mol. The van der Waals surface area contributed by atoms with Crippen molar-refractivity contribution in [2.75, 3.05) is 0 Å². The molecule has 0 aromatic rings. The van der Waals surface area contributed by atoms with Crippen molar-refractivity contribution in [1.82, 2.24) is 5.32 Å². The predicted molar refractivity (Wildman–Crippen MR) is 46.6 cm³/mol. The van der Waals surface area contributed by atoms with E-state index in [0.717, 1.165) is 25.7 Å². The van der Waals surface area contributed by atoms with Crippen LogP contribution >= 0.6 is 0 Å². The number of aliphatic hydroxyl groups is 1. The van der Waals surface area contributed by atoms with E-state index in [1.54, 1.807) is 6.07 Å². The van der Waals surface area contributed by atoms with Crippen LogP contribution in [-0.4, -0.2) is 23.2 Å². The highest BCUT2D eigenvalue weighted by molar-refractivity contribution is 5.78. The molecule has 0 aromatic heterocycles. The van der Waals surface area contributed by atoms with Crippen molar-refractivity contribution in [3.63, 3.8) is 0 Å². The summed E-state index contributed by atoms with van der Waals surface area (Å²) < 4.78 is 0. The van der Waals surface area contributed by atoms with E-state index in [9.17, 15) is 9.90 Å². The first-order valence-electron chi connectivity index (χ1n) is 4.56. The van der Waals surface area contributed by atoms with Gasteiger partial charge in [-0.05, 0) is 25.7 Å². The number of amides is 1. The summed E-state index contributed by atoms with van der Waals surface area (Å²) in [7, 11) is 0. The van der Waals surface area contributed by atoms with Crippen LogP contribution in [0.5, 0.6) is 0 Å². The first-order chi connectivity index (χ1) is 6.22. The molecule has 1 amide bonds. The second kappa shape index (κ2) is 4.83. The number of carbonyl (C=O) groups excluding carboxylic acids is 1. The van der Waals surface area contributed by atoms with Crippen LogP contribution in [0.15, 0.2) is 0 Å². The first kappa shape index (κ1) is 10.0. The van der Waals surface area contributed by atoms with Crippen LogP contribution in [0.3, 0.4) is 0 Å². The molecule has 1 aliphatic carbocycles.